The van der Waals surface area contributed by atoms with Crippen molar-refractivity contribution in [1.29, 1.82) is 0 Å². The second kappa shape index (κ2) is 5.07. The van der Waals surface area contributed by atoms with Crippen molar-refractivity contribution in [3.63, 3.8) is 0 Å². The highest BCUT2D eigenvalue weighted by Crippen LogP contribution is 2.55. The van der Waals surface area contributed by atoms with Gasteiger partial charge in [0.15, 0.2) is 5.79 Å². The van der Waals surface area contributed by atoms with Gasteiger partial charge in [0.05, 0.1) is 25.7 Å². The van der Waals surface area contributed by atoms with Crippen LogP contribution >= 0.6 is 0 Å². The molecular weight excluding hydrogens is 280 g/mol. The summed E-state index contributed by atoms with van der Waals surface area (Å²) in [5.41, 5.74) is 1.91. The molecule has 0 amide bonds. The molecule has 1 aliphatic heterocycles. The third kappa shape index (κ3) is 1.80. The average molecular weight is 302 g/mol. The zero-order valence-corrected chi connectivity index (χ0v) is 13.0. The Morgan fingerprint density at radius 3 is 2.82 bits per heavy atom. The lowest BCUT2D eigenvalue weighted by Crippen LogP contribution is -2.57. The van der Waals surface area contributed by atoms with Gasteiger partial charge < -0.3 is 19.0 Å². The minimum absolute atomic E-state index is 0.120. The maximum Gasteiger partial charge on any atom is 0.172 e. The van der Waals surface area contributed by atoms with E-state index in [9.17, 15) is 4.79 Å². The predicted octanol–water partition coefficient (Wildman–Crippen LogP) is 2.62. The third-order valence-corrected chi connectivity index (χ3v) is 5.77. The number of ether oxygens (including phenoxy) is 3. The largest absolute Gasteiger partial charge is 0.497 e. The van der Waals surface area contributed by atoms with Crippen molar-refractivity contribution >= 4 is 6.29 Å². The molecule has 1 saturated carbocycles. The second-order valence-electron chi connectivity index (χ2n) is 6.63. The first-order valence-corrected chi connectivity index (χ1v) is 8.16. The summed E-state index contributed by atoms with van der Waals surface area (Å²) >= 11 is 0. The molecule has 0 radical (unpaired) electrons. The van der Waals surface area contributed by atoms with Crippen molar-refractivity contribution in [2.45, 2.75) is 43.3 Å². The lowest BCUT2D eigenvalue weighted by Gasteiger charge is -2.52. The minimum atomic E-state index is -0.545. The van der Waals surface area contributed by atoms with Gasteiger partial charge in [0.2, 0.25) is 0 Å². The van der Waals surface area contributed by atoms with Gasteiger partial charge in [-0.05, 0) is 48.9 Å². The average Bonchev–Trinajstić information content (AvgIpc) is 3.03. The van der Waals surface area contributed by atoms with Gasteiger partial charge >= 0.3 is 0 Å². The molecule has 3 aliphatic rings. The van der Waals surface area contributed by atoms with Crippen LogP contribution in [0.25, 0.3) is 0 Å². The SMILES string of the molecule is COc1ccc2c(c1)CCC1C3(CCC[C@@]21C=O)OCCO3. The van der Waals surface area contributed by atoms with Gasteiger partial charge in [-0.2, -0.15) is 0 Å². The number of benzene rings is 1. The summed E-state index contributed by atoms with van der Waals surface area (Å²) < 4.78 is 17.4. The summed E-state index contributed by atoms with van der Waals surface area (Å²) in [4.78, 5) is 12.2. The molecule has 1 spiro atoms. The lowest BCUT2D eigenvalue weighted by molar-refractivity contribution is -0.231. The molecule has 0 aromatic heterocycles. The first kappa shape index (κ1) is 14.2. The maximum absolute atomic E-state index is 12.2. The first-order chi connectivity index (χ1) is 10.7. The maximum atomic E-state index is 12.2. The number of hydrogen-bond acceptors (Lipinski definition) is 4. The van der Waals surface area contributed by atoms with Crippen LogP contribution in [0.4, 0.5) is 0 Å². The van der Waals surface area contributed by atoms with E-state index in [-0.39, 0.29) is 5.92 Å². The molecule has 0 N–H and O–H groups in total. The van der Waals surface area contributed by atoms with E-state index in [1.807, 2.05) is 6.07 Å². The van der Waals surface area contributed by atoms with Crippen molar-refractivity contribution in [2.75, 3.05) is 20.3 Å². The highest BCUT2D eigenvalue weighted by atomic mass is 16.7. The van der Waals surface area contributed by atoms with Gasteiger partial charge in [-0.3, -0.25) is 0 Å². The molecule has 118 valence electrons. The highest BCUT2D eigenvalue weighted by molar-refractivity contribution is 5.72. The van der Waals surface area contributed by atoms with E-state index in [4.69, 9.17) is 14.2 Å². The van der Waals surface area contributed by atoms with Crippen molar-refractivity contribution in [3.05, 3.63) is 29.3 Å². The quantitative estimate of drug-likeness (QED) is 0.788. The minimum Gasteiger partial charge on any atom is -0.497 e. The summed E-state index contributed by atoms with van der Waals surface area (Å²) in [5.74, 6) is 0.434. The lowest BCUT2D eigenvalue weighted by atomic mass is 9.55. The fraction of sp³-hybridized carbons (Fsp3) is 0.611. The fourth-order valence-corrected chi connectivity index (χ4v) is 4.85. The van der Waals surface area contributed by atoms with Crippen molar-refractivity contribution in [1.82, 2.24) is 0 Å². The Morgan fingerprint density at radius 2 is 2.09 bits per heavy atom. The van der Waals surface area contributed by atoms with Crippen molar-refractivity contribution in [2.24, 2.45) is 5.92 Å². The Kier molecular flexibility index (Phi) is 3.27. The van der Waals surface area contributed by atoms with Crippen LogP contribution in [-0.4, -0.2) is 32.4 Å². The van der Waals surface area contributed by atoms with E-state index in [0.29, 0.717) is 13.2 Å². The zero-order valence-electron chi connectivity index (χ0n) is 13.0. The van der Waals surface area contributed by atoms with Crippen LogP contribution in [0.15, 0.2) is 18.2 Å². The monoisotopic (exact) mass is 302 g/mol. The van der Waals surface area contributed by atoms with Crippen molar-refractivity contribution < 1.29 is 19.0 Å². The molecule has 1 saturated heterocycles. The smallest absolute Gasteiger partial charge is 0.172 e. The summed E-state index contributed by atoms with van der Waals surface area (Å²) in [5, 5.41) is 0. The number of rotatable bonds is 2. The Labute approximate surface area is 130 Å². The molecule has 2 fully saturated rings. The van der Waals surface area contributed by atoms with E-state index < -0.39 is 11.2 Å². The van der Waals surface area contributed by atoms with Gasteiger partial charge in [0.25, 0.3) is 0 Å². The number of fused-ring (bicyclic) bond motifs is 4. The van der Waals surface area contributed by atoms with E-state index >= 15 is 0 Å². The summed E-state index contributed by atoms with van der Waals surface area (Å²) in [6, 6.07) is 6.11. The van der Waals surface area contributed by atoms with Gasteiger partial charge in [-0.25, -0.2) is 0 Å². The zero-order chi connectivity index (χ0) is 15.2. The first-order valence-electron chi connectivity index (χ1n) is 8.16. The van der Waals surface area contributed by atoms with E-state index in [1.165, 1.54) is 5.56 Å². The van der Waals surface area contributed by atoms with Gasteiger partial charge in [-0.1, -0.05) is 6.07 Å². The number of carbonyl (C=O) groups excluding carboxylic acids is 1. The third-order valence-electron chi connectivity index (χ3n) is 5.77. The Morgan fingerprint density at radius 1 is 1.27 bits per heavy atom. The van der Waals surface area contributed by atoms with Gasteiger partial charge in [0.1, 0.15) is 12.0 Å². The number of hydrogen-bond donors (Lipinski definition) is 0. The number of methoxy groups -OCH3 is 1. The molecule has 2 atom stereocenters. The van der Waals surface area contributed by atoms with Crippen LogP contribution in [0, 0.1) is 5.92 Å². The molecule has 2 aliphatic carbocycles. The molecule has 1 aromatic carbocycles. The molecule has 4 nitrogen and oxygen atoms in total. The van der Waals surface area contributed by atoms with Crippen molar-refractivity contribution in [3.8, 4) is 5.75 Å². The van der Waals surface area contributed by atoms with E-state index in [0.717, 1.165) is 49.7 Å². The van der Waals surface area contributed by atoms with Crippen LogP contribution < -0.4 is 4.74 Å². The fourth-order valence-electron chi connectivity index (χ4n) is 4.85. The summed E-state index contributed by atoms with van der Waals surface area (Å²) in [6.45, 7) is 1.28. The number of carbonyl (C=O) groups is 1. The Bertz CT molecular complexity index is 591. The van der Waals surface area contributed by atoms with Crippen LogP contribution in [0.5, 0.6) is 5.75 Å². The highest BCUT2D eigenvalue weighted by Gasteiger charge is 2.59. The molecule has 1 unspecified atom stereocenters. The molecule has 4 rings (SSSR count). The Balaban J connectivity index is 1.83. The number of aryl methyl sites for hydroxylation is 1. The molecular formula is C18H22O4. The predicted molar refractivity (Wildman–Crippen MR) is 81.0 cm³/mol. The van der Waals surface area contributed by atoms with Crippen LogP contribution in [0.2, 0.25) is 0 Å². The molecule has 1 heterocycles. The van der Waals surface area contributed by atoms with Crippen LogP contribution in [-0.2, 0) is 26.1 Å². The van der Waals surface area contributed by atoms with Gasteiger partial charge in [-0.15, -0.1) is 0 Å². The van der Waals surface area contributed by atoms with E-state index in [1.54, 1.807) is 7.11 Å². The summed E-state index contributed by atoms with van der Waals surface area (Å²) in [7, 11) is 1.68. The molecule has 1 aromatic rings. The molecule has 22 heavy (non-hydrogen) atoms. The van der Waals surface area contributed by atoms with Crippen LogP contribution in [0.1, 0.15) is 36.8 Å². The van der Waals surface area contributed by atoms with Gasteiger partial charge in [0, 0.05) is 12.3 Å². The Hall–Kier alpha value is -1.39. The normalized spacial score (nSPS) is 32.3. The summed E-state index contributed by atoms with van der Waals surface area (Å²) in [6.07, 6.45) is 5.78. The topological polar surface area (TPSA) is 44.8 Å². The number of aldehydes is 1. The standard InChI is InChI=1S/C18H22O4/c1-20-14-4-5-15-13(11-14)3-6-16-17(15,12-19)7-2-8-18(16)21-9-10-22-18/h4-5,11-12,16H,2-3,6-10H2,1H3/t16?,17-/m1/s1. The molecule has 4 heteroatoms. The van der Waals surface area contributed by atoms with Crippen LogP contribution in [0.3, 0.4) is 0 Å². The second-order valence-corrected chi connectivity index (χ2v) is 6.63. The van der Waals surface area contributed by atoms with E-state index in [2.05, 4.69) is 12.1 Å². The molecule has 0 bridgehead atoms.